The van der Waals surface area contributed by atoms with Crippen molar-refractivity contribution < 1.29 is 19.0 Å². The highest BCUT2D eigenvalue weighted by Crippen LogP contribution is 2.43. The number of carbonyl (C=O) groups is 1. The van der Waals surface area contributed by atoms with Crippen molar-refractivity contribution in [1.82, 2.24) is 0 Å². The number of ether oxygens (including phenoxy) is 3. The van der Waals surface area contributed by atoms with Gasteiger partial charge < -0.3 is 14.2 Å². The van der Waals surface area contributed by atoms with Crippen LogP contribution >= 0.6 is 0 Å². The summed E-state index contributed by atoms with van der Waals surface area (Å²) in [4.78, 5) is 11.9. The minimum absolute atomic E-state index is 0.0573. The van der Waals surface area contributed by atoms with E-state index < -0.39 is 5.79 Å². The van der Waals surface area contributed by atoms with Gasteiger partial charge in [-0.15, -0.1) is 0 Å². The fourth-order valence-corrected chi connectivity index (χ4v) is 2.61. The molecule has 0 aromatic carbocycles. The highest BCUT2D eigenvalue weighted by atomic mass is 16.7. The zero-order valence-corrected chi connectivity index (χ0v) is 12.4. The molecule has 0 unspecified atom stereocenters. The fourth-order valence-electron chi connectivity index (χ4n) is 2.61. The van der Waals surface area contributed by atoms with E-state index in [4.69, 9.17) is 14.2 Å². The van der Waals surface area contributed by atoms with Crippen LogP contribution in [0.5, 0.6) is 0 Å². The average molecular weight is 270 g/mol. The van der Waals surface area contributed by atoms with Crippen molar-refractivity contribution in [2.45, 2.75) is 58.7 Å². The molecule has 19 heavy (non-hydrogen) atoms. The maximum Gasteiger partial charge on any atom is 0.309 e. The smallest absolute Gasteiger partial charge is 0.309 e. The summed E-state index contributed by atoms with van der Waals surface area (Å²) in [5, 5.41) is 0. The summed E-state index contributed by atoms with van der Waals surface area (Å²) in [5.74, 6) is -0.662. The molecule has 2 aliphatic rings. The standard InChI is InChI=1S/C15H26O4/c1-4-5-8-17-13(16)12-6-7-15(9-12)18-10-14(2,3)11-19-15/h12H,4-11H2,1-3H3/t12-/m1/s1. The van der Waals surface area contributed by atoms with Crippen molar-refractivity contribution in [2.75, 3.05) is 19.8 Å². The van der Waals surface area contributed by atoms with Gasteiger partial charge in [0, 0.05) is 18.3 Å². The van der Waals surface area contributed by atoms with Gasteiger partial charge in [0.1, 0.15) is 0 Å². The van der Waals surface area contributed by atoms with Crippen LogP contribution in [0, 0.1) is 11.3 Å². The van der Waals surface area contributed by atoms with Gasteiger partial charge in [-0.25, -0.2) is 0 Å². The van der Waals surface area contributed by atoms with E-state index in [0.717, 1.165) is 25.7 Å². The number of carbonyl (C=O) groups excluding carboxylic acids is 1. The Morgan fingerprint density at radius 1 is 1.32 bits per heavy atom. The zero-order valence-electron chi connectivity index (χ0n) is 12.4. The molecule has 4 heteroatoms. The molecule has 2 fully saturated rings. The van der Waals surface area contributed by atoms with Gasteiger partial charge in [-0.2, -0.15) is 0 Å². The minimum atomic E-state index is -0.524. The molecule has 0 aromatic heterocycles. The molecule has 0 amide bonds. The number of hydrogen-bond donors (Lipinski definition) is 0. The molecule has 1 heterocycles. The average Bonchev–Trinajstić information content (AvgIpc) is 2.79. The van der Waals surface area contributed by atoms with Crippen LogP contribution in [-0.2, 0) is 19.0 Å². The maximum atomic E-state index is 11.9. The van der Waals surface area contributed by atoms with Gasteiger partial charge in [0.05, 0.1) is 25.7 Å². The summed E-state index contributed by atoms with van der Waals surface area (Å²) < 4.78 is 17.1. The summed E-state index contributed by atoms with van der Waals surface area (Å²) in [5.41, 5.74) is 0.0744. The molecule has 0 radical (unpaired) electrons. The van der Waals surface area contributed by atoms with Crippen molar-refractivity contribution in [1.29, 1.82) is 0 Å². The first-order chi connectivity index (χ1) is 8.96. The first-order valence-corrected chi connectivity index (χ1v) is 7.41. The summed E-state index contributed by atoms with van der Waals surface area (Å²) in [7, 11) is 0. The Hall–Kier alpha value is -0.610. The maximum absolute atomic E-state index is 11.9. The van der Waals surface area contributed by atoms with Crippen molar-refractivity contribution in [3.8, 4) is 0 Å². The van der Waals surface area contributed by atoms with Gasteiger partial charge in [0.25, 0.3) is 0 Å². The normalized spacial score (nSPS) is 28.5. The summed E-state index contributed by atoms with van der Waals surface area (Å²) >= 11 is 0. The van der Waals surface area contributed by atoms with Gasteiger partial charge in [-0.05, 0) is 12.8 Å². The van der Waals surface area contributed by atoms with Gasteiger partial charge >= 0.3 is 5.97 Å². The van der Waals surface area contributed by atoms with Crippen molar-refractivity contribution in [3.63, 3.8) is 0 Å². The fraction of sp³-hybridized carbons (Fsp3) is 0.933. The third-order valence-electron chi connectivity index (χ3n) is 3.96. The monoisotopic (exact) mass is 270 g/mol. The van der Waals surface area contributed by atoms with E-state index in [1.54, 1.807) is 0 Å². The topological polar surface area (TPSA) is 44.8 Å². The number of hydrogen-bond acceptors (Lipinski definition) is 4. The molecule has 1 aliphatic heterocycles. The van der Waals surface area contributed by atoms with Crippen LogP contribution in [0.1, 0.15) is 52.9 Å². The molecular formula is C15H26O4. The zero-order chi connectivity index (χ0) is 13.9. The lowest BCUT2D eigenvalue weighted by Gasteiger charge is -2.41. The van der Waals surface area contributed by atoms with E-state index >= 15 is 0 Å². The lowest BCUT2D eigenvalue weighted by atomic mass is 9.94. The second-order valence-corrected chi connectivity index (χ2v) is 6.61. The Labute approximate surface area is 115 Å². The summed E-state index contributed by atoms with van der Waals surface area (Å²) in [6, 6.07) is 0. The largest absolute Gasteiger partial charge is 0.465 e. The molecule has 1 atom stereocenters. The predicted molar refractivity (Wildman–Crippen MR) is 71.6 cm³/mol. The molecule has 0 aromatic rings. The molecule has 1 aliphatic carbocycles. The van der Waals surface area contributed by atoms with Crippen LogP contribution in [0.4, 0.5) is 0 Å². The SMILES string of the molecule is CCCCOC(=O)[C@@H]1CCC2(C1)OCC(C)(C)CO2. The van der Waals surface area contributed by atoms with E-state index in [9.17, 15) is 4.79 Å². The Balaban J connectivity index is 1.81. The Morgan fingerprint density at radius 3 is 2.63 bits per heavy atom. The van der Waals surface area contributed by atoms with E-state index in [2.05, 4.69) is 20.8 Å². The lowest BCUT2D eigenvalue weighted by Crippen LogP contribution is -2.46. The van der Waals surface area contributed by atoms with Crippen LogP contribution in [0.25, 0.3) is 0 Å². The van der Waals surface area contributed by atoms with Crippen LogP contribution in [-0.4, -0.2) is 31.6 Å². The summed E-state index contributed by atoms with van der Waals surface area (Å²) in [6.45, 7) is 8.28. The van der Waals surface area contributed by atoms with Crippen molar-refractivity contribution in [2.24, 2.45) is 11.3 Å². The molecule has 4 nitrogen and oxygen atoms in total. The molecule has 110 valence electrons. The highest BCUT2D eigenvalue weighted by molar-refractivity contribution is 5.72. The quantitative estimate of drug-likeness (QED) is 0.582. The number of rotatable bonds is 4. The number of unbranched alkanes of at least 4 members (excludes halogenated alkanes) is 1. The predicted octanol–water partition coefficient (Wildman–Crippen LogP) is 2.90. The molecule has 1 saturated carbocycles. The van der Waals surface area contributed by atoms with Crippen molar-refractivity contribution in [3.05, 3.63) is 0 Å². The second kappa shape index (κ2) is 5.80. The molecule has 1 spiro atoms. The Kier molecular flexibility index (Phi) is 4.51. The van der Waals surface area contributed by atoms with E-state index in [-0.39, 0.29) is 17.3 Å². The molecule has 1 saturated heterocycles. The van der Waals surface area contributed by atoms with E-state index in [1.165, 1.54) is 0 Å². The molecular weight excluding hydrogens is 244 g/mol. The van der Waals surface area contributed by atoms with Crippen LogP contribution in [0.3, 0.4) is 0 Å². The minimum Gasteiger partial charge on any atom is -0.465 e. The molecule has 2 rings (SSSR count). The third kappa shape index (κ3) is 3.69. The van der Waals surface area contributed by atoms with Crippen molar-refractivity contribution >= 4 is 5.97 Å². The van der Waals surface area contributed by atoms with Gasteiger partial charge in [0.15, 0.2) is 5.79 Å². The van der Waals surface area contributed by atoms with E-state index in [1.807, 2.05) is 0 Å². The molecule has 0 bridgehead atoms. The lowest BCUT2D eigenvalue weighted by molar-refractivity contribution is -0.295. The first-order valence-electron chi connectivity index (χ1n) is 7.41. The van der Waals surface area contributed by atoms with Gasteiger partial charge in [0.2, 0.25) is 0 Å². The Bertz CT molecular complexity index is 314. The van der Waals surface area contributed by atoms with Crippen LogP contribution in [0.15, 0.2) is 0 Å². The van der Waals surface area contributed by atoms with Crippen LogP contribution in [0.2, 0.25) is 0 Å². The van der Waals surface area contributed by atoms with Gasteiger partial charge in [-0.1, -0.05) is 27.2 Å². The first kappa shape index (κ1) is 14.8. The highest BCUT2D eigenvalue weighted by Gasteiger charge is 2.48. The summed E-state index contributed by atoms with van der Waals surface area (Å²) in [6.07, 6.45) is 4.24. The number of esters is 1. The van der Waals surface area contributed by atoms with Crippen LogP contribution < -0.4 is 0 Å². The third-order valence-corrected chi connectivity index (χ3v) is 3.96. The van der Waals surface area contributed by atoms with Gasteiger partial charge in [-0.3, -0.25) is 4.79 Å². The van der Waals surface area contributed by atoms with E-state index in [0.29, 0.717) is 26.2 Å². The second-order valence-electron chi connectivity index (χ2n) is 6.61. The molecule has 0 N–H and O–H groups in total. The Morgan fingerprint density at radius 2 is 2.00 bits per heavy atom.